The molecule has 0 radical (unpaired) electrons. The van der Waals surface area contributed by atoms with Gasteiger partial charge in [-0.3, -0.25) is 0 Å². The summed E-state index contributed by atoms with van der Waals surface area (Å²) in [6.07, 6.45) is 10.8. The monoisotopic (exact) mass is 238 g/mol. The largest absolute Gasteiger partial charge is 0.326 e. The lowest BCUT2D eigenvalue weighted by molar-refractivity contribution is 0.0529. The van der Waals surface area contributed by atoms with E-state index in [1.54, 1.807) is 0 Å². The van der Waals surface area contributed by atoms with Crippen LogP contribution in [0.5, 0.6) is 0 Å². The SMILES string of the molecule is CC1CCC(C(N)CCC2CC2)(N(C)C)CC1. The molecule has 2 fully saturated rings. The fourth-order valence-corrected chi connectivity index (χ4v) is 3.50. The lowest BCUT2D eigenvalue weighted by atomic mass is 9.71. The normalized spacial score (nSPS) is 36.2. The average molecular weight is 238 g/mol. The van der Waals surface area contributed by atoms with Crippen molar-refractivity contribution in [2.45, 2.75) is 69.9 Å². The second kappa shape index (κ2) is 5.27. The third-order valence-corrected chi connectivity index (χ3v) is 5.30. The Morgan fingerprint density at radius 3 is 2.24 bits per heavy atom. The second-order valence-corrected chi connectivity index (χ2v) is 6.81. The highest BCUT2D eigenvalue weighted by Gasteiger charge is 2.41. The van der Waals surface area contributed by atoms with Crippen LogP contribution in [0.2, 0.25) is 0 Å². The molecule has 0 aromatic heterocycles. The summed E-state index contributed by atoms with van der Waals surface area (Å²) < 4.78 is 0. The summed E-state index contributed by atoms with van der Waals surface area (Å²) in [6.45, 7) is 2.38. The van der Waals surface area contributed by atoms with Crippen LogP contribution in [0.15, 0.2) is 0 Å². The van der Waals surface area contributed by atoms with E-state index in [2.05, 4.69) is 25.9 Å². The van der Waals surface area contributed by atoms with Gasteiger partial charge >= 0.3 is 0 Å². The van der Waals surface area contributed by atoms with Crippen LogP contribution < -0.4 is 5.73 Å². The van der Waals surface area contributed by atoms with Crippen LogP contribution in [-0.4, -0.2) is 30.6 Å². The maximum atomic E-state index is 6.56. The molecule has 0 spiro atoms. The van der Waals surface area contributed by atoms with Crippen molar-refractivity contribution >= 4 is 0 Å². The van der Waals surface area contributed by atoms with Crippen molar-refractivity contribution in [2.24, 2.45) is 17.6 Å². The quantitative estimate of drug-likeness (QED) is 0.798. The van der Waals surface area contributed by atoms with Gasteiger partial charge < -0.3 is 10.6 Å². The predicted molar refractivity (Wildman–Crippen MR) is 74.0 cm³/mol. The highest BCUT2D eigenvalue weighted by atomic mass is 15.2. The van der Waals surface area contributed by atoms with Gasteiger partial charge in [0, 0.05) is 11.6 Å². The molecule has 2 aliphatic carbocycles. The fraction of sp³-hybridized carbons (Fsp3) is 1.00. The molecular formula is C15H30N2. The van der Waals surface area contributed by atoms with Crippen molar-refractivity contribution in [1.82, 2.24) is 4.90 Å². The van der Waals surface area contributed by atoms with E-state index in [-0.39, 0.29) is 0 Å². The van der Waals surface area contributed by atoms with Gasteiger partial charge in [0.2, 0.25) is 0 Å². The lowest BCUT2D eigenvalue weighted by Crippen LogP contribution is -2.59. The first-order valence-electron chi connectivity index (χ1n) is 7.47. The van der Waals surface area contributed by atoms with Gasteiger partial charge in [-0.2, -0.15) is 0 Å². The van der Waals surface area contributed by atoms with Crippen LogP contribution in [0.1, 0.15) is 58.3 Å². The van der Waals surface area contributed by atoms with Crippen LogP contribution in [0, 0.1) is 11.8 Å². The molecule has 0 bridgehead atoms. The molecule has 2 aliphatic rings. The number of hydrogen-bond donors (Lipinski definition) is 1. The minimum Gasteiger partial charge on any atom is -0.326 e. The van der Waals surface area contributed by atoms with Crippen LogP contribution >= 0.6 is 0 Å². The van der Waals surface area contributed by atoms with Gasteiger partial charge in [0.1, 0.15) is 0 Å². The van der Waals surface area contributed by atoms with Gasteiger partial charge in [-0.1, -0.05) is 19.8 Å². The smallest absolute Gasteiger partial charge is 0.0354 e. The molecule has 17 heavy (non-hydrogen) atoms. The van der Waals surface area contributed by atoms with Crippen LogP contribution in [0.4, 0.5) is 0 Å². The topological polar surface area (TPSA) is 29.3 Å². The number of nitrogens with zero attached hydrogens (tertiary/aromatic N) is 1. The third kappa shape index (κ3) is 3.03. The second-order valence-electron chi connectivity index (χ2n) is 6.81. The van der Waals surface area contributed by atoms with Crippen molar-refractivity contribution < 1.29 is 0 Å². The average Bonchev–Trinajstić information content (AvgIpc) is 3.10. The van der Waals surface area contributed by atoms with E-state index in [1.807, 2.05) is 0 Å². The highest BCUT2D eigenvalue weighted by molar-refractivity contribution is 5.00. The number of hydrogen-bond acceptors (Lipinski definition) is 2. The predicted octanol–water partition coefficient (Wildman–Crippen LogP) is 3.01. The lowest BCUT2D eigenvalue weighted by Gasteiger charge is -2.48. The maximum Gasteiger partial charge on any atom is 0.0354 e. The summed E-state index contributed by atoms with van der Waals surface area (Å²) >= 11 is 0. The molecule has 0 aliphatic heterocycles. The number of likely N-dealkylation sites (N-methyl/N-ethyl adjacent to an activating group) is 1. The van der Waals surface area contributed by atoms with E-state index in [1.165, 1.54) is 51.4 Å². The Morgan fingerprint density at radius 2 is 1.76 bits per heavy atom. The van der Waals surface area contributed by atoms with E-state index < -0.39 is 0 Å². The van der Waals surface area contributed by atoms with E-state index in [0.29, 0.717) is 11.6 Å². The molecule has 0 heterocycles. The summed E-state index contributed by atoms with van der Waals surface area (Å²) in [5, 5.41) is 0. The first-order valence-corrected chi connectivity index (χ1v) is 7.47. The van der Waals surface area contributed by atoms with Crippen LogP contribution in [0.25, 0.3) is 0 Å². The standard InChI is InChI=1S/C15H30N2/c1-12-8-10-15(11-9-12,17(2)3)14(16)7-6-13-4-5-13/h12-14H,4-11,16H2,1-3H3. The molecule has 2 heteroatoms. The van der Waals surface area contributed by atoms with Gasteiger partial charge in [-0.25, -0.2) is 0 Å². The number of rotatable bonds is 5. The van der Waals surface area contributed by atoms with E-state index >= 15 is 0 Å². The summed E-state index contributed by atoms with van der Waals surface area (Å²) in [5.41, 5.74) is 6.86. The van der Waals surface area contributed by atoms with Crippen molar-refractivity contribution in [3.63, 3.8) is 0 Å². The minimum atomic E-state index is 0.293. The summed E-state index contributed by atoms with van der Waals surface area (Å²) in [6, 6.07) is 0.380. The molecule has 0 aromatic rings. The summed E-state index contributed by atoms with van der Waals surface area (Å²) in [4.78, 5) is 2.43. The summed E-state index contributed by atoms with van der Waals surface area (Å²) in [7, 11) is 4.46. The molecule has 0 amide bonds. The van der Waals surface area contributed by atoms with Crippen molar-refractivity contribution in [2.75, 3.05) is 14.1 Å². The van der Waals surface area contributed by atoms with Crippen molar-refractivity contribution in [1.29, 1.82) is 0 Å². The zero-order chi connectivity index (χ0) is 12.5. The number of nitrogens with two attached hydrogens (primary N) is 1. The molecule has 2 N–H and O–H groups in total. The van der Waals surface area contributed by atoms with E-state index in [4.69, 9.17) is 5.73 Å². The van der Waals surface area contributed by atoms with Crippen molar-refractivity contribution in [3.05, 3.63) is 0 Å². The zero-order valence-corrected chi connectivity index (χ0v) is 11.9. The fourth-order valence-electron chi connectivity index (χ4n) is 3.50. The molecule has 0 aromatic carbocycles. The van der Waals surface area contributed by atoms with Crippen molar-refractivity contribution in [3.8, 4) is 0 Å². The Labute approximate surface area is 107 Å². The van der Waals surface area contributed by atoms with Gasteiger partial charge in [0.15, 0.2) is 0 Å². The molecular weight excluding hydrogens is 208 g/mol. The molecule has 2 rings (SSSR count). The minimum absolute atomic E-state index is 0.293. The molecule has 2 saturated carbocycles. The van der Waals surface area contributed by atoms with Crippen LogP contribution in [0.3, 0.4) is 0 Å². The molecule has 1 unspecified atom stereocenters. The van der Waals surface area contributed by atoms with Gasteiger partial charge in [-0.05, 0) is 64.5 Å². The van der Waals surface area contributed by atoms with Gasteiger partial charge in [0.25, 0.3) is 0 Å². The van der Waals surface area contributed by atoms with Gasteiger partial charge in [0.05, 0.1) is 0 Å². The maximum absolute atomic E-state index is 6.56. The van der Waals surface area contributed by atoms with Crippen LogP contribution in [-0.2, 0) is 0 Å². The van der Waals surface area contributed by atoms with Gasteiger partial charge in [-0.15, -0.1) is 0 Å². The Hall–Kier alpha value is -0.0800. The Balaban J connectivity index is 1.94. The Kier molecular flexibility index (Phi) is 4.14. The highest BCUT2D eigenvalue weighted by Crippen LogP contribution is 2.40. The van der Waals surface area contributed by atoms with E-state index in [9.17, 15) is 0 Å². The first kappa shape index (κ1) is 13.4. The first-order chi connectivity index (χ1) is 8.04. The Bertz CT molecular complexity index is 237. The third-order valence-electron chi connectivity index (χ3n) is 5.30. The summed E-state index contributed by atoms with van der Waals surface area (Å²) in [5.74, 6) is 1.92. The molecule has 1 atom stereocenters. The molecule has 2 nitrogen and oxygen atoms in total. The molecule has 0 saturated heterocycles. The molecule has 100 valence electrons. The zero-order valence-electron chi connectivity index (χ0n) is 11.9. The Morgan fingerprint density at radius 1 is 1.18 bits per heavy atom. The van der Waals surface area contributed by atoms with E-state index in [0.717, 1.165) is 11.8 Å².